The molecule has 0 unspecified atom stereocenters. The third-order valence-electron chi connectivity index (χ3n) is 3.04. The fraction of sp³-hybridized carbons (Fsp3) is 0. The number of aromatic carboxylic acids is 1. The van der Waals surface area contributed by atoms with Crippen LogP contribution < -0.4 is 0 Å². The first-order valence-electron chi connectivity index (χ1n) is 6.18. The molecule has 3 aromatic rings. The van der Waals surface area contributed by atoms with Gasteiger partial charge in [0, 0.05) is 23.0 Å². The predicted octanol–water partition coefficient (Wildman–Crippen LogP) is 3.82. The maximum Gasteiger partial charge on any atom is 0.346 e. The van der Waals surface area contributed by atoms with E-state index in [4.69, 9.17) is 11.6 Å². The molecule has 2 heterocycles. The highest BCUT2D eigenvalue weighted by Gasteiger charge is 2.24. The minimum atomic E-state index is -1.08. The lowest BCUT2D eigenvalue weighted by Gasteiger charge is -2.02. The number of hydrogen-bond acceptors (Lipinski definition) is 4. The Kier molecular flexibility index (Phi) is 3.67. The lowest BCUT2D eigenvalue weighted by Crippen LogP contribution is -1.96. The van der Waals surface area contributed by atoms with Gasteiger partial charge in [-0.1, -0.05) is 23.7 Å². The van der Waals surface area contributed by atoms with Crippen LogP contribution in [0.5, 0.6) is 0 Å². The first-order valence-corrected chi connectivity index (χ1v) is 7.37. The van der Waals surface area contributed by atoms with Crippen LogP contribution in [-0.4, -0.2) is 20.9 Å². The van der Waals surface area contributed by atoms with Crippen LogP contribution in [0.15, 0.2) is 42.7 Å². The van der Waals surface area contributed by atoms with E-state index in [1.165, 1.54) is 4.68 Å². The van der Waals surface area contributed by atoms with Crippen molar-refractivity contribution in [3.8, 4) is 22.2 Å². The number of hydrogen-bond donors (Lipinski definition) is 1. The summed E-state index contributed by atoms with van der Waals surface area (Å²) in [7, 11) is 0. The molecule has 5 nitrogen and oxygen atoms in total. The summed E-state index contributed by atoms with van der Waals surface area (Å²) in [6.07, 6.45) is 3.24. The average molecular weight is 330 g/mol. The Morgan fingerprint density at radius 2 is 2.09 bits per heavy atom. The van der Waals surface area contributed by atoms with Crippen molar-refractivity contribution >= 4 is 28.9 Å². The molecule has 0 radical (unpaired) electrons. The Balaban J connectivity index is 2.30. The van der Waals surface area contributed by atoms with Crippen molar-refractivity contribution < 1.29 is 9.90 Å². The van der Waals surface area contributed by atoms with Crippen LogP contribution in [0.25, 0.3) is 16.1 Å². The zero-order valence-corrected chi connectivity index (χ0v) is 12.6. The molecule has 2 aromatic heterocycles. The summed E-state index contributed by atoms with van der Waals surface area (Å²) >= 11 is 6.89. The SMILES string of the molecule is N#Cc1c(-n2cccn2)sc(C(=O)O)c1-c1ccc(Cl)cc1. The number of rotatable bonds is 3. The first-order chi connectivity index (χ1) is 10.6. The molecule has 0 atom stereocenters. The van der Waals surface area contributed by atoms with Gasteiger partial charge < -0.3 is 5.11 Å². The summed E-state index contributed by atoms with van der Waals surface area (Å²) in [5, 5.41) is 24.1. The Morgan fingerprint density at radius 1 is 1.36 bits per heavy atom. The van der Waals surface area contributed by atoms with E-state index >= 15 is 0 Å². The zero-order chi connectivity index (χ0) is 15.7. The van der Waals surface area contributed by atoms with Gasteiger partial charge in [0.1, 0.15) is 15.9 Å². The van der Waals surface area contributed by atoms with Crippen LogP contribution in [0, 0.1) is 11.3 Å². The summed E-state index contributed by atoms with van der Waals surface area (Å²) in [5.41, 5.74) is 1.31. The predicted molar refractivity (Wildman–Crippen MR) is 83.6 cm³/mol. The second-order valence-corrected chi connectivity index (χ2v) is 5.80. The number of aromatic nitrogens is 2. The van der Waals surface area contributed by atoms with Crippen molar-refractivity contribution in [2.24, 2.45) is 0 Å². The molecule has 0 spiro atoms. The molecule has 3 rings (SSSR count). The van der Waals surface area contributed by atoms with E-state index in [-0.39, 0.29) is 10.4 Å². The topological polar surface area (TPSA) is 78.9 Å². The molecule has 0 saturated heterocycles. The fourth-order valence-corrected chi connectivity index (χ4v) is 3.30. The van der Waals surface area contributed by atoms with Crippen LogP contribution in [0.2, 0.25) is 5.02 Å². The van der Waals surface area contributed by atoms with E-state index in [1.807, 2.05) is 0 Å². The molecule has 22 heavy (non-hydrogen) atoms. The molecule has 0 fully saturated rings. The standard InChI is InChI=1S/C15H8ClN3O2S/c16-10-4-2-9(3-5-10)12-11(8-17)14(19-7-1-6-18-19)22-13(12)15(20)21/h1-7H,(H,20,21). The van der Waals surface area contributed by atoms with E-state index in [0.717, 1.165) is 11.3 Å². The molecule has 108 valence electrons. The number of nitriles is 1. The van der Waals surface area contributed by atoms with Gasteiger partial charge in [0.05, 0.1) is 5.56 Å². The van der Waals surface area contributed by atoms with Crippen LogP contribution in [0.3, 0.4) is 0 Å². The van der Waals surface area contributed by atoms with Gasteiger partial charge in [0.15, 0.2) is 0 Å². The summed E-state index contributed by atoms with van der Waals surface area (Å²) in [6.45, 7) is 0. The average Bonchev–Trinajstić information content (AvgIpc) is 3.14. The molecule has 1 N–H and O–H groups in total. The van der Waals surface area contributed by atoms with E-state index < -0.39 is 5.97 Å². The van der Waals surface area contributed by atoms with Crippen molar-refractivity contribution in [2.45, 2.75) is 0 Å². The van der Waals surface area contributed by atoms with Gasteiger partial charge in [0.25, 0.3) is 0 Å². The Hall–Kier alpha value is -2.62. The van der Waals surface area contributed by atoms with Crippen molar-refractivity contribution in [3.05, 3.63) is 58.2 Å². The summed E-state index contributed by atoms with van der Waals surface area (Å²) in [5.74, 6) is -1.08. The molecule has 0 bridgehead atoms. The first kappa shape index (κ1) is 14.3. The van der Waals surface area contributed by atoms with Crippen LogP contribution in [0.4, 0.5) is 0 Å². The van der Waals surface area contributed by atoms with E-state index in [2.05, 4.69) is 11.2 Å². The number of carboxylic acid groups (broad SMARTS) is 1. The third kappa shape index (κ3) is 2.37. The van der Waals surface area contributed by atoms with Gasteiger partial charge in [-0.25, -0.2) is 9.48 Å². The minimum absolute atomic E-state index is 0.101. The number of halogens is 1. The van der Waals surface area contributed by atoms with Crippen LogP contribution >= 0.6 is 22.9 Å². The van der Waals surface area contributed by atoms with Gasteiger partial charge in [-0.2, -0.15) is 10.4 Å². The quantitative estimate of drug-likeness (QED) is 0.792. The molecule has 1 aromatic carbocycles. The largest absolute Gasteiger partial charge is 0.477 e. The molecular formula is C15H8ClN3O2S. The number of benzene rings is 1. The highest BCUT2D eigenvalue weighted by molar-refractivity contribution is 7.17. The van der Waals surface area contributed by atoms with Crippen molar-refractivity contribution in [1.82, 2.24) is 9.78 Å². The second kappa shape index (κ2) is 5.64. The van der Waals surface area contributed by atoms with Gasteiger partial charge >= 0.3 is 5.97 Å². The van der Waals surface area contributed by atoms with Crippen LogP contribution in [0.1, 0.15) is 15.2 Å². The lowest BCUT2D eigenvalue weighted by molar-refractivity contribution is 0.0703. The number of carbonyl (C=O) groups is 1. The van der Waals surface area contributed by atoms with Crippen LogP contribution in [-0.2, 0) is 0 Å². The maximum atomic E-state index is 11.6. The smallest absolute Gasteiger partial charge is 0.346 e. The minimum Gasteiger partial charge on any atom is -0.477 e. The number of carboxylic acids is 1. The van der Waals surface area contributed by atoms with Crippen molar-refractivity contribution in [3.63, 3.8) is 0 Å². The fourth-order valence-electron chi connectivity index (χ4n) is 2.12. The Morgan fingerprint density at radius 3 is 2.64 bits per heavy atom. The lowest BCUT2D eigenvalue weighted by atomic mass is 10.0. The highest BCUT2D eigenvalue weighted by atomic mass is 35.5. The van der Waals surface area contributed by atoms with E-state index in [1.54, 1.807) is 42.7 Å². The summed E-state index contributed by atoms with van der Waals surface area (Å²) in [4.78, 5) is 11.7. The number of nitrogens with zero attached hydrogens (tertiary/aromatic N) is 3. The molecule has 0 aliphatic heterocycles. The van der Waals surface area contributed by atoms with Crippen molar-refractivity contribution in [1.29, 1.82) is 5.26 Å². The van der Waals surface area contributed by atoms with E-state index in [0.29, 0.717) is 21.2 Å². The normalized spacial score (nSPS) is 10.4. The maximum absolute atomic E-state index is 11.6. The van der Waals surface area contributed by atoms with Gasteiger partial charge in [-0.3, -0.25) is 0 Å². The van der Waals surface area contributed by atoms with Crippen molar-refractivity contribution in [2.75, 3.05) is 0 Å². The molecular weight excluding hydrogens is 322 g/mol. The van der Waals surface area contributed by atoms with Gasteiger partial charge in [-0.05, 0) is 23.8 Å². The Bertz CT molecular complexity index is 877. The molecule has 0 saturated carbocycles. The monoisotopic (exact) mass is 329 g/mol. The highest BCUT2D eigenvalue weighted by Crippen LogP contribution is 2.38. The molecule has 0 aliphatic rings. The third-order valence-corrected chi connectivity index (χ3v) is 4.46. The number of thiophene rings is 1. The van der Waals surface area contributed by atoms with Gasteiger partial charge in [0.2, 0.25) is 0 Å². The van der Waals surface area contributed by atoms with Gasteiger partial charge in [-0.15, -0.1) is 11.3 Å². The second-order valence-electron chi connectivity index (χ2n) is 4.36. The summed E-state index contributed by atoms with van der Waals surface area (Å²) in [6, 6.07) is 10.5. The Labute approximate surface area is 134 Å². The van der Waals surface area contributed by atoms with E-state index in [9.17, 15) is 15.2 Å². The molecule has 0 aliphatic carbocycles. The summed E-state index contributed by atoms with van der Waals surface area (Å²) < 4.78 is 1.50. The zero-order valence-electron chi connectivity index (χ0n) is 11.0. The molecule has 0 amide bonds. The molecule has 7 heteroatoms.